The molecule has 0 fully saturated rings. The first-order valence-electron chi connectivity index (χ1n) is 13.1. The largest absolute Gasteiger partial charge is 0.507 e. The summed E-state index contributed by atoms with van der Waals surface area (Å²) in [6.07, 6.45) is 6.47. The normalized spacial score (nSPS) is 10.8. The van der Waals surface area contributed by atoms with Crippen LogP contribution in [0, 0.1) is 0 Å². The molecule has 0 bridgehead atoms. The van der Waals surface area contributed by atoms with Gasteiger partial charge in [0.25, 0.3) is 0 Å². The van der Waals surface area contributed by atoms with Crippen LogP contribution in [0.4, 0.5) is 0 Å². The van der Waals surface area contributed by atoms with Crippen molar-refractivity contribution in [2.45, 2.75) is 0 Å². The molecule has 0 saturated carbocycles. The van der Waals surface area contributed by atoms with Gasteiger partial charge in [0, 0.05) is 99.1 Å². The Bertz CT molecular complexity index is 1450. The topological polar surface area (TPSA) is 162 Å². The van der Waals surface area contributed by atoms with Crippen molar-refractivity contribution in [1.82, 2.24) is 0 Å². The average Bonchev–Trinajstić information content (AvgIpc) is 2.99. The van der Waals surface area contributed by atoms with Crippen LogP contribution in [0.25, 0.3) is 0 Å². The van der Waals surface area contributed by atoms with Crippen LogP contribution in [0.2, 0.25) is 0 Å². The summed E-state index contributed by atoms with van der Waals surface area (Å²) in [4.78, 5) is 16.9. The van der Waals surface area contributed by atoms with Gasteiger partial charge in [-0.3, -0.25) is 20.0 Å². The van der Waals surface area contributed by atoms with Crippen molar-refractivity contribution in [3.63, 3.8) is 0 Å². The Morgan fingerprint density at radius 3 is 0.787 bits per heavy atom. The number of phenolic OH excluding ortho intramolecular Hbond substituents is 4. The Morgan fingerprint density at radius 1 is 0.404 bits per heavy atom. The van der Waals surface area contributed by atoms with Crippen LogP contribution < -0.4 is 0 Å². The molecular weight excluding hydrogens is 952 g/mol. The van der Waals surface area contributed by atoms with E-state index in [0.717, 1.165) is 17.9 Å². The van der Waals surface area contributed by atoms with Crippen LogP contribution in [-0.4, -0.2) is 76.9 Å². The number of hydrogen-bond acceptors (Lipinski definition) is 8. The molecule has 0 unspecified atom stereocenters. The third-order valence-electron chi connectivity index (χ3n) is 5.60. The van der Waals surface area contributed by atoms with Gasteiger partial charge in [0.05, 0.1) is 26.2 Å². The predicted octanol–water partition coefficient (Wildman–Crippen LogP) is 7.49. The van der Waals surface area contributed by atoms with Gasteiger partial charge in [0.2, 0.25) is 0 Å². The monoisotopic (exact) mass is 978 g/mol. The number of phenols is 4. The molecule has 4 aromatic rings. The van der Waals surface area contributed by atoms with Gasteiger partial charge >= 0.3 is 0 Å². The molecule has 0 aliphatic carbocycles. The van der Waals surface area contributed by atoms with Crippen LogP contribution in [0.15, 0.2) is 111 Å². The van der Waals surface area contributed by atoms with E-state index in [1.54, 1.807) is 97.7 Å². The van der Waals surface area contributed by atoms with Crippen molar-refractivity contribution in [2.24, 2.45) is 20.0 Å². The van der Waals surface area contributed by atoms with Crippen molar-refractivity contribution in [3.8, 4) is 23.0 Å². The molecular formula is C32H30Br4Fe2N4O5. The van der Waals surface area contributed by atoms with Crippen LogP contribution in [0.1, 0.15) is 22.3 Å². The van der Waals surface area contributed by atoms with Crippen LogP contribution in [0.3, 0.4) is 0 Å². The summed E-state index contributed by atoms with van der Waals surface area (Å²) in [5, 5.41) is 38.7. The molecule has 4 aromatic carbocycles. The predicted molar refractivity (Wildman–Crippen MR) is 197 cm³/mol. The zero-order valence-electron chi connectivity index (χ0n) is 24.4. The quantitative estimate of drug-likeness (QED) is 0.0737. The van der Waals surface area contributed by atoms with E-state index >= 15 is 0 Å². The molecule has 0 amide bonds. The molecule has 0 spiro atoms. The number of aliphatic imine (C=N–C) groups is 4. The first-order valence-corrected chi connectivity index (χ1v) is 16.2. The van der Waals surface area contributed by atoms with E-state index < -0.39 is 0 Å². The molecule has 0 aliphatic heterocycles. The van der Waals surface area contributed by atoms with Gasteiger partial charge < -0.3 is 25.9 Å². The number of aromatic hydroxyl groups is 4. The maximum Gasteiger partial charge on any atom is 0.124 e. The second kappa shape index (κ2) is 23.9. The number of rotatable bonds is 10. The number of nitrogens with zero attached hydrogens (tertiary/aromatic N) is 4. The van der Waals surface area contributed by atoms with Gasteiger partial charge in [-0.1, -0.05) is 63.7 Å². The van der Waals surface area contributed by atoms with Gasteiger partial charge in [-0.2, -0.15) is 0 Å². The van der Waals surface area contributed by atoms with Gasteiger partial charge in [0.1, 0.15) is 23.0 Å². The van der Waals surface area contributed by atoms with Crippen LogP contribution >= 0.6 is 63.7 Å². The third kappa shape index (κ3) is 16.6. The first-order chi connectivity index (χ1) is 21.1. The average molecular weight is 982 g/mol. The Kier molecular flexibility index (Phi) is 22.7. The second-order valence-corrected chi connectivity index (χ2v) is 12.6. The number of halogens is 4. The zero-order chi connectivity index (χ0) is 31.9. The van der Waals surface area contributed by atoms with E-state index in [9.17, 15) is 20.4 Å². The fourth-order valence-electron chi connectivity index (χ4n) is 3.40. The van der Waals surface area contributed by atoms with Crippen LogP contribution in [-0.2, 0) is 34.1 Å². The Hall–Kier alpha value is -2.32. The van der Waals surface area contributed by atoms with E-state index in [-0.39, 0.29) is 62.6 Å². The van der Waals surface area contributed by atoms with Crippen molar-refractivity contribution >= 4 is 88.6 Å². The summed E-state index contributed by atoms with van der Waals surface area (Å²) < 4.78 is 3.54. The van der Waals surface area contributed by atoms with Gasteiger partial charge in [0.15, 0.2) is 0 Å². The molecule has 15 heteroatoms. The van der Waals surface area contributed by atoms with Gasteiger partial charge in [-0.05, 0) is 72.8 Å². The SMILES string of the molecule is O.Oc1ccc(Br)cc1C=NCCN=Cc1cc(Br)ccc1O.Oc1ccc(Br)cc1C=NCCN=Cc1cc(Br)ccc1O.[Fe].[Fe]. The fourth-order valence-corrected chi connectivity index (χ4v) is 4.91. The first kappa shape index (κ1) is 44.7. The maximum absolute atomic E-state index is 9.67. The summed E-state index contributed by atoms with van der Waals surface area (Å²) in [6, 6.07) is 20.7. The van der Waals surface area contributed by atoms with Crippen LogP contribution in [0.5, 0.6) is 23.0 Å². The summed E-state index contributed by atoms with van der Waals surface area (Å²) in [6.45, 7) is 1.99. The molecule has 0 aliphatic rings. The van der Waals surface area contributed by atoms with E-state index in [2.05, 4.69) is 83.7 Å². The second-order valence-electron chi connectivity index (χ2n) is 8.95. The molecule has 0 heterocycles. The number of hydrogen-bond donors (Lipinski definition) is 4. The molecule has 4 rings (SSSR count). The van der Waals surface area contributed by atoms with Gasteiger partial charge in [-0.25, -0.2) is 0 Å². The van der Waals surface area contributed by atoms with Crippen molar-refractivity contribution in [3.05, 3.63) is 113 Å². The molecule has 0 aromatic heterocycles. The summed E-state index contributed by atoms with van der Waals surface area (Å²) >= 11 is 13.4. The van der Waals surface area contributed by atoms with Crippen molar-refractivity contribution in [1.29, 1.82) is 0 Å². The maximum atomic E-state index is 9.67. The number of benzene rings is 4. The smallest absolute Gasteiger partial charge is 0.124 e. The van der Waals surface area contributed by atoms with E-state index in [0.29, 0.717) is 48.4 Å². The molecule has 0 atom stereocenters. The van der Waals surface area contributed by atoms with E-state index in [1.165, 1.54) is 0 Å². The minimum atomic E-state index is 0. The standard InChI is InChI=1S/2C16H14Br2N2O2.2Fe.H2O/c2*17-13-1-3-15(21)11(7-13)9-19-5-6-20-10-12-8-14(18)2-4-16(12)22;;;/h2*1-4,7-10,21-22H,5-6H2;;;1H2. The van der Waals surface area contributed by atoms with Crippen molar-refractivity contribution in [2.75, 3.05) is 26.2 Å². The Balaban J connectivity index is 0.000000846. The summed E-state index contributed by atoms with van der Waals surface area (Å²) in [5.74, 6) is 0.757. The van der Waals surface area contributed by atoms with E-state index in [1.807, 2.05) is 0 Å². The van der Waals surface area contributed by atoms with Crippen molar-refractivity contribution < 1.29 is 60.0 Å². The van der Waals surface area contributed by atoms with Gasteiger partial charge in [-0.15, -0.1) is 0 Å². The summed E-state index contributed by atoms with van der Waals surface area (Å²) in [7, 11) is 0. The molecule has 6 N–H and O–H groups in total. The summed E-state index contributed by atoms with van der Waals surface area (Å²) in [5.41, 5.74) is 2.62. The molecule has 252 valence electrons. The molecule has 47 heavy (non-hydrogen) atoms. The third-order valence-corrected chi connectivity index (χ3v) is 7.57. The molecule has 0 saturated heterocycles. The zero-order valence-corrected chi connectivity index (χ0v) is 32.9. The molecule has 0 radical (unpaired) electrons. The minimum Gasteiger partial charge on any atom is -0.507 e. The Labute approximate surface area is 327 Å². The minimum absolute atomic E-state index is 0. The fraction of sp³-hybridized carbons (Fsp3) is 0.125. The van der Waals surface area contributed by atoms with E-state index in [4.69, 9.17) is 0 Å². The molecule has 9 nitrogen and oxygen atoms in total. The Morgan fingerprint density at radius 2 is 0.596 bits per heavy atom.